The summed E-state index contributed by atoms with van der Waals surface area (Å²) >= 11 is 1.37. The van der Waals surface area contributed by atoms with E-state index in [9.17, 15) is 4.79 Å². The van der Waals surface area contributed by atoms with Crippen LogP contribution >= 0.6 is 11.3 Å². The predicted molar refractivity (Wildman–Crippen MR) is 135 cm³/mol. The van der Waals surface area contributed by atoms with Crippen molar-refractivity contribution in [1.82, 2.24) is 24.6 Å². The van der Waals surface area contributed by atoms with Crippen LogP contribution in [-0.4, -0.2) is 30.6 Å². The molecule has 0 saturated heterocycles. The van der Waals surface area contributed by atoms with Gasteiger partial charge in [-0.2, -0.15) is 0 Å². The normalized spacial score (nSPS) is 11.5. The van der Waals surface area contributed by atoms with Gasteiger partial charge in [0, 0.05) is 35.3 Å². The highest BCUT2D eigenvalue weighted by Crippen LogP contribution is 2.28. The Morgan fingerprint density at radius 2 is 1.68 bits per heavy atom. The number of carbonyl (C=O) groups is 1. The molecule has 170 valence electrons. The molecule has 0 atom stereocenters. The topological polar surface area (TPSA) is 97.1 Å². The summed E-state index contributed by atoms with van der Waals surface area (Å²) in [5.74, 6) is 0. The molecule has 1 aromatic carbocycles. The van der Waals surface area contributed by atoms with Crippen LogP contribution in [0.15, 0.2) is 73.3 Å². The maximum atomic E-state index is 12.4. The third kappa shape index (κ3) is 4.51. The summed E-state index contributed by atoms with van der Waals surface area (Å²) in [6, 6.07) is 15.3. The van der Waals surface area contributed by atoms with Crippen LogP contribution in [0, 0.1) is 0 Å². The number of hydrogen-bond donors (Lipinski definition) is 2. The Bertz CT molecular complexity index is 1450. The molecule has 0 radical (unpaired) electrons. The van der Waals surface area contributed by atoms with E-state index in [4.69, 9.17) is 0 Å². The lowest BCUT2D eigenvalue weighted by atomic mass is 9.98. The first-order valence-corrected chi connectivity index (χ1v) is 11.6. The van der Waals surface area contributed by atoms with Gasteiger partial charge in [-0.25, -0.2) is 9.78 Å². The second-order valence-corrected chi connectivity index (χ2v) is 9.82. The van der Waals surface area contributed by atoms with Gasteiger partial charge in [-0.15, -0.1) is 10.2 Å². The van der Waals surface area contributed by atoms with Gasteiger partial charge in [0.15, 0.2) is 0 Å². The number of urea groups is 1. The zero-order valence-corrected chi connectivity index (χ0v) is 19.8. The van der Waals surface area contributed by atoms with Crippen molar-refractivity contribution in [2.45, 2.75) is 26.2 Å². The molecule has 2 N–H and O–H groups in total. The Labute approximate surface area is 200 Å². The second kappa shape index (κ2) is 8.68. The first-order valence-electron chi connectivity index (χ1n) is 10.8. The number of hydrogen-bond acceptors (Lipinski definition) is 6. The van der Waals surface area contributed by atoms with Crippen LogP contribution in [-0.2, 0) is 5.41 Å². The number of benzene rings is 1. The van der Waals surface area contributed by atoms with Gasteiger partial charge in [0.2, 0.25) is 5.13 Å². The average Bonchev–Trinajstić information content (AvgIpc) is 3.47. The largest absolute Gasteiger partial charge is 0.325 e. The molecule has 4 aromatic heterocycles. The minimum Gasteiger partial charge on any atom is -0.308 e. The zero-order valence-electron chi connectivity index (χ0n) is 19.0. The summed E-state index contributed by atoms with van der Waals surface area (Å²) < 4.78 is 2.04. The molecule has 0 saturated carbocycles. The van der Waals surface area contributed by atoms with Crippen LogP contribution in [0.4, 0.5) is 15.6 Å². The lowest BCUT2D eigenvalue weighted by Crippen LogP contribution is -2.19. The maximum Gasteiger partial charge on any atom is 0.325 e. The van der Waals surface area contributed by atoms with Crippen molar-refractivity contribution in [3.8, 4) is 22.4 Å². The summed E-state index contributed by atoms with van der Waals surface area (Å²) in [4.78, 5) is 21.0. The van der Waals surface area contributed by atoms with Crippen LogP contribution in [0.2, 0.25) is 0 Å². The van der Waals surface area contributed by atoms with E-state index in [-0.39, 0.29) is 11.4 Å². The molecule has 4 heterocycles. The van der Waals surface area contributed by atoms with Crippen LogP contribution in [0.25, 0.3) is 28.0 Å². The summed E-state index contributed by atoms with van der Waals surface area (Å²) in [5, 5.41) is 15.1. The molecule has 8 nitrogen and oxygen atoms in total. The molecule has 0 aliphatic rings. The smallest absolute Gasteiger partial charge is 0.308 e. The minimum absolute atomic E-state index is 0.109. The molecule has 0 bridgehead atoms. The van der Waals surface area contributed by atoms with E-state index >= 15 is 0 Å². The Morgan fingerprint density at radius 3 is 2.38 bits per heavy atom. The Kier molecular flexibility index (Phi) is 5.54. The monoisotopic (exact) mass is 469 g/mol. The van der Waals surface area contributed by atoms with Gasteiger partial charge in [-0.05, 0) is 47.5 Å². The van der Waals surface area contributed by atoms with Gasteiger partial charge in [0.25, 0.3) is 0 Å². The first kappa shape index (κ1) is 21.7. The highest BCUT2D eigenvalue weighted by Gasteiger charge is 2.20. The first-order chi connectivity index (χ1) is 16.4. The van der Waals surface area contributed by atoms with Crippen molar-refractivity contribution in [1.29, 1.82) is 0 Å². The van der Waals surface area contributed by atoms with Gasteiger partial charge in [-0.1, -0.05) is 44.2 Å². The Hall–Kier alpha value is -4.11. The molecule has 34 heavy (non-hydrogen) atoms. The third-order valence-corrected chi connectivity index (χ3v) is 6.52. The van der Waals surface area contributed by atoms with E-state index in [1.54, 1.807) is 12.4 Å². The lowest BCUT2D eigenvalue weighted by Gasteiger charge is -2.12. The van der Waals surface area contributed by atoms with Gasteiger partial charge in [0.05, 0.1) is 11.9 Å². The fourth-order valence-corrected chi connectivity index (χ4v) is 4.28. The number of anilines is 2. The Balaban J connectivity index is 1.29. The summed E-state index contributed by atoms with van der Waals surface area (Å²) in [5.41, 5.74) is 5.57. The SMILES string of the molecule is CC(C)(C)c1nnc(NC(=O)Nc2ccc(-c3cnc4cc(-c5ccncc5)ccn34)cc2)s1. The molecule has 2 amide bonds. The number of nitrogens with one attached hydrogen (secondary N) is 2. The standard InChI is InChI=1S/C25H23N7OS/c1-25(2,3)22-30-31-24(34-22)29-23(33)28-19-6-4-17(5-7-19)20-15-27-21-14-18(10-13-32(20)21)16-8-11-26-12-9-16/h4-15H,1-3H3,(H2,28,29,31,33). The third-order valence-electron chi connectivity index (χ3n) is 5.25. The van der Waals surface area contributed by atoms with Crippen molar-refractivity contribution in [3.05, 3.63) is 78.3 Å². The summed E-state index contributed by atoms with van der Waals surface area (Å²) in [7, 11) is 0. The maximum absolute atomic E-state index is 12.4. The number of amides is 2. The van der Waals surface area contributed by atoms with Gasteiger partial charge < -0.3 is 5.32 Å². The zero-order chi connectivity index (χ0) is 23.7. The predicted octanol–water partition coefficient (Wildman–Crippen LogP) is 5.86. The molecule has 5 aromatic rings. The molecule has 0 fully saturated rings. The van der Waals surface area contributed by atoms with E-state index in [2.05, 4.69) is 63.7 Å². The van der Waals surface area contributed by atoms with Crippen molar-refractivity contribution >= 4 is 33.8 Å². The number of aromatic nitrogens is 5. The quantitative estimate of drug-likeness (QED) is 0.344. The number of carbonyl (C=O) groups excluding carboxylic acids is 1. The van der Waals surface area contributed by atoms with Crippen LogP contribution in [0.3, 0.4) is 0 Å². The molecule has 5 rings (SSSR count). The molecule has 0 aliphatic heterocycles. The molecular weight excluding hydrogens is 446 g/mol. The van der Waals surface area contributed by atoms with Crippen molar-refractivity contribution in [2.24, 2.45) is 0 Å². The average molecular weight is 470 g/mol. The van der Waals surface area contributed by atoms with Crippen LogP contribution < -0.4 is 10.6 Å². The fourth-order valence-electron chi connectivity index (χ4n) is 3.48. The molecule has 9 heteroatoms. The highest BCUT2D eigenvalue weighted by atomic mass is 32.1. The van der Waals surface area contributed by atoms with E-state index < -0.39 is 0 Å². The second-order valence-electron chi connectivity index (χ2n) is 8.84. The molecule has 0 aliphatic carbocycles. The van der Waals surface area contributed by atoms with E-state index in [1.807, 2.05) is 53.2 Å². The fraction of sp³-hybridized carbons (Fsp3) is 0.160. The van der Waals surface area contributed by atoms with Gasteiger partial charge in [0.1, 0.15) is 10.7 Å². The Morgan fingerprint density at radius 1 is 0.912 bits per heavy atom. The number of pyridine rings is 2. The number of rotatable bonds is 4. The van der Waals surface area contributed by atoms with Crippen LogP contribution in [0.5, 0.6) is 0 Å². The molecule has 0 spiro atoms. The molecule has 0 unspecified atom stereocenters. The van der Waals surface area contributed by atoms with Crippen molar-refractivity contribution in [3.63, 3.8) is 0 Å². The van der Waals surface area contributed by atoms with E-state index in [0.717, 1.165) is 33.0 Å². The highest BCUT2D eigenvalue weighted by molar-refractivity contribution is 7.15. The number of nitrogens with zero attached hydrogens (tertiary/aromatic N) is 5. The minimum atomic E-state index is -0.359. The van der Waals surface area contributed by atoms with E-state index in [1.165, 1.54) is 11.3 Å². The summed E-state index contributed by atoms with van der Waals surface area (Å²) in [6.07, 6.45) is 7.43. The van der Waals surface area contributed by atoms with Gasteiger partial charge in [-0.3, -0.25) is 14.7 Å². The van der Waals surface area contributed by atoms with Crippen LogP contribution in [0.1, 0.15) is 25.8 Å². The van der Waals surface area contributed by atoms with Crippen molar-refractivity contribution in [2.75, 3.05) is 10.6 Å². The van der Waals surface area contributed by atoms with Gasteiger partial charge >= 0.3 is 6.03 Å². The summed E-state index contributed by atoms with van der Waals surface area (Å²) in [6.45, 7) is 6.17. The number of imidazole rings is 1. The lowest BCUT2D eigenvalue weighted by molar-refractivity contribution is 0.262. The number of fused-ring (bicyclic) bond motifs is 1. The van der Waals surface area contributed by atoms with Crippen molar-refractivity contribution < 1.29 is 4.79 Å². The molecular formula is C25H23N7OS. The van der Waals surface area contributed by atoms with E-state index in [0.29, 0.717) is 10.8 Å².